The molecule has 0 saturated carbocycles. The molecule has 2 rings (SSSR count). The van der Waals surface area contributed by atoms with Crippen LogP contribution in [0.25, 0.3) is 0 Å². The molecule has 0 bridgehead atoms. The summed E-state index contributed by atoms with van der Waals surface area (Å²) in [5, 5.41) is 3.45. The van der Waals surface area contributed by atoms with Gasteiger partial charge < -0.3 is 5.32 Å². The summed E-state index contributed by atoms with van der Waals surface area (Å²) in [4.78, 5) is 37.0. The Hall–Kier alpha value is -2.22. The van der Waals surface area contributed by atoms with Gasteiger partial charge in [-0.2, -0.15) is 11.8 Å². The SMILES string of the molecule is CSCCC(NC(=O)c1ccccc1Cl)C(=O)NNC(=O)c1ccc(Cl)cc1. The van der Waals surface area contributed by atoms with E-state index in [1.807, 2.05) is 6.26 Å². The van der Waals surface area contributed by atoms with Crippen molar-refractivity contribution >= 4 is 52.7 Å². The van der Waals surface area contributed by atoms with Crippen LogP contribution in [0.3, 0.4) is 0 Å². The lowest BCUT2D eigenvalue weighted by molar-refractivity contribution is -0.123. The summed E-state index contributed by atoms with van der Waals surface area (Å²) in [6.07, 6.45) is 2.28. The minimum atomic E-state index is -0.832. The molecule has 0 radical (unpaired) electrons. The van der Waals surface area contributed by atoms with Crippen LogP contribution < -0.4 is 16.2 Å². The summed E-state index contributed by atoms with van der Waals surface area (Å²) in [5.74, 6) is -0.842. The third-order valence-corrected chi connectivity index (χ3v) is 4.98. The second-order valence-electron chi connectivity index (χ2n) is 5.74. The van der Waals surface area contributed by atoms with Crippen LogP contribution in [0.2, 0.25) is 10.0 Å². The Morgan fingerprint density at radius 2 is 1.64 bits per heavy atom. The van der Waals surface area contributed by atoms with Gasteiger partial charge in [-0.1, -0.05) is 35.3 Å². The molecule has 6 nitrogen and oxygen atoms in total. The second-order valence-corrected chi connectivity index (χ2v) is 7.57. The molecule has 0 spiro atoms. The molecular weight excluding hydrogens is 421 g/mol. The Morgan fingerprint density at radius 1 is 0.964 bits per heavy atom. The quantitative estimate of drug-likeness (QED) is 0.577. The highest BCUT2D eigenvalue weighted by atomic mass is 35.5. The van der Waals surface area contributed by atoms with Crippen molar-refractivity contribution in [1.29, 1.82) is 0 Å². The first kappa shape index (κ1) is 22.1. The van der Waals surface area contributed by atoms with Crippen LogP contribution in [0.15, 0.2) is 48.5 Å². The second kappa shape index (κ2) is 10.9. The van der Waals surface area contributed by atoms with Crippen molar-refractivity contribution in [1.82, 2.24) is 16.2 Å². The molecule has 9 heteroatoms. The molecule has 3 N–H and O–H groups in total. The van der Waals surface area contributed by atoms with E-state index in [1.54, 1.807) is 36.4 Å². The number of amides is 3. The van der Waals surface area contributed by atoms with Crippen LogP contribution in [0, 0.1) is 0 Å². The zero-order valence-corrected chi connectivity index (χ0v) is 17.3. The largest absolute Gasteiger partial charge is 0.340 e. The van der Waals surface area contributed by atoms with Crippen molar-refractivity contribution in [3.05, 3.63) is 69.7 Å². The van der Waals surface area contributed by atoms with Crippen molar-refractivity contribution in [2.24, 2.45) is 0 Å². The van der Waals surface area contributed by atoms with Crippen LogP contribution in [-0.4, -0.2) is 35.8 Å². The lowest BCUT2D eigenvalue weighted by Gasteiger charge is -2.19. The van der Waals surface area contributed by atoms with E-state index in [1.165, 1.54) is 23.9 Å². The Kier molecular flexibility index (Phi) is 8.63. The zero-order chi connectivity index (χ0) is 20.5. The Labute approximate surface area is 177 Å². The van der Waals surface area contributed by atoms with Gasteiger partial charge in [-0.05, 0) is 54.8 Å². The Balaban J connectivity index is 2.00. The fourth-order valence-corrected chi connectivity index (χ4v) is 3.08. The molecule has 0 heterocycles. The van der Waals surface area contributed by atoms with E-state index in [2.05, 4.69) is 16.2 Å². The molecule has 1 atom stereocenters. The lowest BCUT2D eigenvalue weighted by atomic mass is 10.1. The maximum atomic E-state index is 12.5. The van der Waals surface area contributed by atoms with E-state index in [9.17, 15) is 14.4 Å². The van der Waals surface area contributed by atoms with Gasteiger partial charge >= 0.3 is 0 Å². The summed E-state index contributed by atoms with van der Waals surface area (Å²) in [5.41, 5.74) is 5.29. The number of hydrogen-bond donors (Lipinski definition) is 3. The van der Waals surface area contributed by atoms with E-state index >= 15 is 0 Å². The number of nitrogens with one attached hydrogen (secondary N) is 3. The highest BCUT2D eigenvalue weighted by molar-refractivity contribution is 7.98. The number of hydrazine groups is 1. The number of carbonyl (C=O) groups excluding carboxylic acids is 3. The maximum Gasteiger partial charge on any atom is 0.269 e. The van der Waals surface area contributed by atoms with Crippen molar-refractivity contribution in [2.45, 2.75) is 12.5 Å². The topological polar surface area (TPSA) is 87.3 Å². The number of halogens is 2. The molecule has 2 aromatic rings. The van der Waals surface area contributed by atoms with E-state index in [4.69, 9.17) is 23.2 Å². The molecular formula is C19H19Cl2N3O3S. The Bertz CT molecular complexity index is 847. The van der Waals surface area contributed by atoms with Crippen LogP contribution in [0.4, 0.5) is 0 Å². The number of rotatable bonds is 7. The predicted molar refractivity (Wildman–Crippen MR) is 113 cm³/mol. The van der Waals surface area contributed by atoms with Crippen molar-refractivity contribution in [3.8, 4) is 0 Å². The molecule has 3 amide bonds. The van der Waals surface area contributed by atoms with Crippen molar-refractivity contribution in [2.75, 3.05) is 12.0 Å². The summed E-state index contributed by atoms with van der Waals surface area (Å²) in [7, 11) is 0. The van der Waals surface area contributed by atoms with Crippen LogP contribution in [-0.2, 0) is 4.79 Å². The minimum Gasteiger partial charge on any atom is -0.340 e. The number of hydrogen-bond acceptors (Lipinski definition) is 4. The van der Waals surface area contributed by atoms with Crippen LogP contribution in [0.1, 0.15) is 27.1 Å². The minimum absolute atomic E-state index is 0.274. The molecule has 0 aliphatic carbocycles. The maximum absolute atomic E-state index is 12.5. The number of benzene rings is 2. The van der Waals surface area contributed by atoms with Gasteiger partial charge in [0.2, 0.25) is 0 Å². The third-order valence-electron chi connectivity index (χ3n) is 3.76. The van der Waals surface area contributed by atoms with E-state index in [0.29, 0.717) is 27.8 Å². The lowest BCUT2D eigenvalue weighted by Crippen LogP contribution is -2.52. The number of carbonyl (C=O) groups is 3. The standard InChI is InChI=1S/C19H19Cl2N3O3S/c1-28-11-10-16(22-18(26)14-4-2-3-5-15(14)21)19(27)24-23-17(25)12-6-8-13(20)9-7-12/h2-9,16H,10-11H2,1H3,(H,22,26)(H,23,25)(H,24,27). The summed E-state index contributed by atoms with van der Waals surface area (Å²) in [6, 6.07) is 12.0. The molecule has 1 unspecified atom stereocenters. The smallest absolute Gasteiger partial charge is 0.269 e. The van der Waals surface area contributed by atoms with Gasteiger partial charge in [0.1, 0.15) is 6.04 Å². The van der Waals surface area contributed by atoms with E-state index in [-0.39, 0.29) is 5.56 Å². The number of thioether (sulfide) groups is 1. The van der Waals surface area contributed by atoms with Gasteiger partial charge in [0.25, 0.3) is 17.7 Å². The molecule has 0 saturated heterocycles. The summed E-state index contributed by atoms with van der Waals surface area (Å²) < 4.78 is 0. The Morgan fingerprint density at radius 3 is 2.29 bits per heavy atom. The molecule has 0 aliphatic rings. The van der Waals surface area contributed by atoms with Crippen LogP contribution in [0.5, 0.6) is 0 Å². The van der Waals surface area contributed by atoms with Gasteiger partial charge in [0, 0.05) is 10.6 Å². The summed E-state index contributed by atoms with van der Waals surface area (Å²) >= 11 is 13.4. The predicted octanol–water partition coefficient (Wildman–Crippen LogP) is 3.31. The molecule has 0 aliphatic heterocycles. The van der Waals surface area contributed by atoms with Crippen molar-refractivity contribution in [3.63, 3.8) is 0 Å². The zero-order valence-electron chi connectivity index (χ0n) is 15.0. The third kappa shape index (κ3) is 6.44. The van der Waals surface area contributed by atoms with Crippen LogP contribution >= 0.6 is 35.0 Å². The van der Waals surface area contributed by atoms with Gasteiger partial charge in [-0.25, -0.2) is 0 Å². The molecule has 28 heavy (non-hydrogen) atoms. The summed E-state index contributed by atoms with van der Waals surface area (Å²) in [6.45, 7) is 0. The average Bonchev–Trinajstić information content (AvgIpc) is 2.69. The molecule has 148 valence electrons. The first-order valence-corrected chi connectivity index (χ1v) is 10.5. The molecule has 2 aromatic carbocycles. The average molecular weight is 440 g/mol. The van der Waals surface area contributed by atoms with Gasteiger partial charge in [0.05, 0.1) is 10.6 Å². The van der Waals surface area contributed by atoms with E-state index in [0.717, 1.165) is 0 Å². The fourth-order valence-electron chi connectivity index (χ4n) is 2.26. The van der Waals surface area contributed by atoms with Gasteiger partial charge in [-0.15, -0.1) is 0 Å². The normalized spacial score (nSPS) is 11.4. The molecule has 0 aromatic heterocycles. The fraction of sp³-hybridized carbons (Fsp3) is 0.211. The van der Waals surface area contributed by atoms with E-state index < -0.39 is 23.8 Å². The highest BCUT2D eigenvalue weighted by Gasteiger charge is 2.22. The van der Waals surface area contributed by atoms with Gasteiger partial charge in [-0.3, -0.25) is 25.2 Å². The first-order valence-electron chi connectivity index (χ1n) is 8.32. The first-order chi connectivity index (χ1) is 13.4. The molecule has 0 fully saturated rings. The highest BCUT2D eigenvalue weighted by Crippen LogP contribution is 2.15. The van der Waals surface area contributed by atoms with Gasteiger partial charge in [0.15, 0.2) is 0 Å². The van der Waals surface area contributed by atoms with Crippen molar-refractivity contribution < 1.29 is 14.4 Å². The monoisotopic (exact) mass is 439 g/mol.